The van der Waals surface area contributed by atoms with Crippen molar-refractivity contribution in [3.63, 3.8) is 0 Å². The maximum absolute atomic E-state index is 13.3. The number of alkyl halides is 3. The predicted octanol–water partition coefficient (Wildman–Crippen LogP) is 5.63. The number of rotatable bonds is 9. The maximum atomic E-state index is 13.3. The van der Waals surface area contributed by atoms with Crippen LogP contribution in [0, 0.1) is 5.82 Å². The summed E-state index contributed by atoms with van der Waals surface area (Å²) >= 11 is 0. The Labute approximate surface area is 190 Å². The Morgan fingerprint density at radius 3 is 2.12 bits per heavy atom. The van der Waals surface area contributed by atoms with E-state index >= 15 is 0 Å². The Kier molecular flexibility index (Phi) is 8.22. The van der Waals surface area contributed by atoms with Gasteiger partial charge in [-0.3, -0.25) is 4.79 Å². The first-order valence-corrected chi connectivity index (χ1v) is 10.7. The fourth-order valence-electron chi connectivity index (χ4n) is 3.59. The molecule has 0 bridgehead atoms. The van der Waals surface area contributed by atoms with Gasteiger partial charge in [0.25, 0.3) is 0 Å². The summed E-state index contributed by atoms with van der Waals surface area (Å²) < 4.78 is 51.8. The number of carbonyl (C=O) groups is 1. The number of nitrogens with one attached hydrogen (secondary N) is 1. The molecule has 2 atom stereocenters. The molecule has 0 fully saturated rings. The van der Waals surface area contributed by atoms with Crippen LogP contribution >= 0.6 is 0 Å². The molecule has 0 unspecified atom stereocenters. The van der Waals surface area contributed by atoms with Crippen molar-refractivity contribution in [2.24, 2.45) is 0 Å². The van der Waals surface area contributed by atoms with Crippen molar-refractivity contribution in [2.45, 2.75) is 44.0 Å². The summed E-state index contributed by atoms with van der Waals surface area (Å²) in [7, 11) is 0. The molecule has 0 aliphatic rings. The van der Waals surface area contributed by atoms with Crippen LogP contribution in [0.1, 0.15) is 41.2 Å². The zero-order chi connectivity index (χ0) is 23.8. The molecule has 3 rings (SSSR count). The van der Waals surface area contributed by atoms with E-state index in [1.807, 2.05) is 30.3 Å². The van der Waals surface area contributed by atoms with E-state index in [2.05, 4.69) is 5.32 Å². The molecule has 33 heavy (non-hydrogen) atoms. The minimum Gasteiger partial charge on any atom is -0.386 e. The average molecular weight is 459 g/mol. The zero-order valence-electron chi connectivity index (χ0n) is 17.9. The van der Waals surface area contributed by atoms with Crippen molar-refractivity contribution < 1.29 is 27.5 Å². The second-order valence-corrected chi connectivity index (χ2v) is 7.91. The van der Waals surface area contributed by atoms with Gasteiger partial charge in [-0.25, -0.2) is 4.39 Å². The molecule has 1 amide bonds. The third kappa shape index (κ3) is 7.43. The van der Waals surface area contributed by atoms with Crippen LogP contribution in [0.5, 0.6) is 0 Å². The van der Waals surface area contributed by atoms with Crippen molar-refractivity contribution in [3.05, 3.63) is 107 Å². The van der Waals surface area contributed by atoms with Gasteiger partial charge < -0.3 is 10.4 Å². The van der Waals surface area contributed by atoms with E-state index in [9.17, 15) is 27.5 Å². The highest BCUT2D eigenvalue weighted by molar-refractivity contribution is 5.76. The van der Waals surface area contributed by atoms with Gasteiger partial charge >= 0.3 is 6.18 Å². The lowest BCUT2D eigenvalue weighted by molar-refractivity contribution is -0.137. The van der Waals surface area contributed by atoms with E-state index in [0.29, 0.717) is 12.0 Å². The molecule has 174 valence electrons. The number of aliphatic hydroxyl groups excluding tert-OH is 1. The lowest BCUT2D eigenvalue weighted by Crippen LogP contribution is -2.41. The molecular weight excluding hydrogens is 434 g/mol. The summed E-state index contributed by atoms with van der Waals surface area (Å²) in [5.74, 6) is -0.687. The molecule has 0 saturated heterocycles. The zero-order valence-corrected chi connectivity index (χ0v) is 17.9. The standard InChI is InChI=1S/C26H25F4NO2/c27-22-15-9-19(10-16-22)17-23(25(33)20-11-13-21(14-12-20)26(28,29)30)31-24(32)8-4-7-18-5-2-1-3-6-18/h1-3,5-6,9-16,23,25,33H,4,7-8,17H2,(H,31,32)/t23-,25-/m1/s1. The fourth-order valence-corrected chi connectivity index (χ4v) is 3.59. The van der Waals surface area contributed by atoms with Crippen molar-refractivity contribution >= 4 is 5.91 Å². The fraction of sp³-hybridized carbons (Fsp3) is 0.269. The Hall–Kier alpha value is -3.19. The molecule has 0 radical (unpaired) electrons. The van der Waals surface area contributed by atoms with Gasteiger partial charge in [0, 0.05) is 6.42 Å². The second kappa shape index (κ2) is 11.1. The van der Waals surface area contributed by atoms with Crippen LogP contribution in [0.25, 0.3) is 0 Å². The number of amides is 1. The van der Waals surface area contributed by atoms with E-state index < -0.39 is 29.7 Å². The highest BCUT2D eigenvalue weighted by atomic mass is 19.4. The van der Waals surface area contributed by atoms with Crippen LogP contribution in [-0.4, -0.2) is 17.1 Å². The number of benzene rings is 3. The Morgan fingerprint density at radius 1 is 0.879 bits per heavy atom. The van der Waals surface area contributed by atoms with Gasteiger partial charge in [0.1, 0.15) is 5.82 Å². The topological polar surface area (TPSA) is 49.3 Å². The van der Waals surface area contributed by atoms with E-state index in [4.69, 9.17) is 0 Å². The molecule has 3 nitrogen and oxygen atoms in total. The Balaban J connectivity index is 1.69. The van der Waals surface area contributed by atoms with Gasteiger partial charge in [-0.05, 0) is 60.2 Å². The molecule has 0 aliphatic heterocycles. The largest absolute Gasteiger partial charge is 0.416 e. The lowest BCUT2D eigenvalue weighted by atomic mass is 9.95. The Bertz CT molecular complexity index is 1020. The third-order valence-corrected chi connectivity index (χ3v) is 5.39. The summed E-state index contributed by atoms with van der Waals surface area (Å²) in [5.41, 5.74) is 1.22. The minimum atomic E-state index is -4.48. The van der Waals surface area contributed by atoms with Crippen LogP contribution in [0.2, 0.25) is 0 Å². The number of aryl methyl sites for hydroxylation is 1. The normalized spacial score (nSPS) is 13.4. The number of aliphatic hydroxyl groups is 1. The summed E-state index contributed by atoms with van der Waals surface area (Å²) in [5, 5.41) is 13.7. The predicted molar refractivity (Wildman–Crippen MR) is 118 cm³/mol. The summed E-state index contributed by atoms with van der Waals surface area (Å²) in [4.78, 5) is 12.6. The van der Waals surface area contributed by atoms with E-state index in [0.717, 1.165) is 24.1 Å². The summed E-state index contributed by atoms with van der Waals surface area (Å²) in [6.45, 7) is 0. The average Bonchev–Trinajstić information content (AvgIpc) is 2.80. The van der Waals surface area contributed by atoms with Crippen LogP contribution in [0.15, 0.2) is 78.9 Å². The van der Waals surface area contributed by atoms with Crippen LogP contribution in [-0.2, 0) is 23.8 Å². The van der Waals surface area contributed by atoms with Gasteiger partial charge in [-0.2, -0.15) is 13.2 Å². The number of hydrogen-bond donors (Lipinski definition) is 2. The third-order valence-electron chi connectivity index (χ3n) is 5.39. The van der Waals surface area contributed by atoms with Gasteiger partial charge in [-0.15, -0.1) is 0 Å². The van der Waals surface area contributed by atoms with Crippen molar-refractivity contribution in [1.29, 1.82) is 0 Å². The first-order valence-electron chi connectivity index (χ1n) is 10.7. The van der Waals surface area contributed by atoms with Crippen LogP contribution in [0.3, 0.4) is 0 Å². The highest BCUT2D eigenvalue weighted by Gasteiger charge is 2.31. The monoisotopic (exact) mass is 459 g/mol. The summed E-state index contributed by atoms with van der Waals surface area (Å²) in [6.07, 6.45) is -3.98. The van der Waals surface area contributed by atoms with E-state index in [1.165, 1.54) is 24.3 Å². The van der Waals surface area contributed by atoms with Crippen molar-refractivity contribution in [2.75, 3.05) is 0 Å². The molecule has 0 saturated carbocycles. The second-order valence-electron chi connectivity index (χ2n) is 7.91. The molecule has 0 aromatic heterocycles. The Morgan fingerprint density at radius 2 is 1.52 bits per heavy atom. The van der Waals surface area contributed by atoms with E-state index in [-0.39, 0.29) is 24.3 Å². The first kappa shape index (κ1) is 24.5. The van der Waals surface area contributed by atoms with Crippen LogP contribution < -0.4 is 5.32 Å². The van der Waals surface area contributed by atoms with Gasteiger partial charge in [0.05, 0.1) is 17.7 Å². The van der Waals surface area contributed by atoms with E-state index in [1.54, 1.807) is 12.1 Å². The molecular formula is C26H25F4NO2. The highest BCUT2D eigenvalue weighted by Crippen LogP contribution is 2.30. The van der Waals surface area contributed by atoms with Gasteiger partial charge in [-0.1, -0.05) is 54.6 Å². The number of carbonyl (C=O) groups excluding carboxylic acids is 1. The molecule has 7 heteroatoms. The molecule has 3 aromatic rings. The smallest absolute Gasteiger partial charge is 0.386 e. The van der Waals surface area contributed by atoms with Crippen LogP contribution in [0.4, 0.5) is 17.6 Å². The molecule has 3 aromatic carbocycles. The quantitative estimate of drug-likeness (QED) is 0.408. The number of halogens is 4. The molecule has 0 heterocycles. The number of hydrogen-bond acceptors (Lipinski definition) is 2. The van der Waals surface area contributed by atoms with Crippen molar-refractivity contribution in [3.8, 4) is 0 Å². The lowest BCUT2D eigenvalue weighted by Gasteiger charge is -2.25. The maximum Gasteiger partial charge on any atom is 0.416 e. The first-order chi connectivity index (χ1) is 15.7. The molecule has 0 aliphatic carbocycles. The van der Waals surface area contributed by atoms with Gasteiger partial charge in [0.15, 0.2) is 0 Å². The molecule has 0 spiro atoms. The summed E-state index contributed by atoms with van der Waals surface area (Å²) in [6, 6.07) is 18.8. The van der Waals surface area contributed by atoms with Gasteiger partial charge in [0.2, 0.25) is 5.91 Å². The SMILES string of the molecule is O=C(CCCc1ccccc1)N[C@H](Cc1ccc(F)cc1)[C@H](O)c1ccc(C(F)(F)F)cc1. The minimum absolute atomic E-state index is 0.187. The molecule has 2 N–H and O–H groups in total. The van der Waals surface area contributed by atoms with Crippen molar-refractivity contribution in [1.82, 2.24) is 5.32 Å².